The van der Waals surface area contributed by atoms with Crippen LogP contribution in [0.3, 0.4) is 0 Å². The van der Waals surface area contributed by atoms with E-state index in [4.69, 9.17) is 0 Å². The molecule has 1 aliphatic heterocycles. The molecule has 130 valence electrons. The van der Waals surface area contributed by atoms with Gasteiger partial charge in [-0.25, -0.2) is 4.98 Å². The average molecular weight is 347 g/mol. The maximum atomic E-state index is 11.5. The second-order valence-electron chi connectivity index (χ2n) is 6.54. The highest BCUT2D eigenvalue weighted by atomic mass is 32.1. The molecule has 1 fully saturated rings. The minimum Gasteiger partial charge on any atom is -0.292 e. The van der Waals surface area contributed by atoms with Gasteiger partial charge in [0.2, 0.25) is 5.91 Å². The maximum absolute atomic E-state index is 11.5. The standard InChI is InChI=1S/C17H25N5OS/c1-11-16(12(2)21(5)19-11)15-7-6-8-22(15)9-14-10-24-17(18-14)20(4)13(3)23/h10,15H,6-9H2,1-5H3/t15-/m1/s1. The second-order valence-corrected chi connectivity index (χ2v) is 7.37. The topological polar surface area (TPSA) is 54.3 Å². The van der Waals surface area contributed by atoms with Gasteiger partial charge < -0.3 is 0 Å². The van der Waals surface area contributed by atoms with Gasteiger partial charge in [0, 0.05) is 50.2 Å². The highest BCUT2D eigenvalue weighted by molar-refractivity contribution is 7.14. The SMILES string of the molecule is CC(=O)N(C)c1nc(CN2CCC[C@@H]2c2c(C)nn(C)c2C)cs1. The second kappa shape index (κ2) is 6.64. The van der Waals surface area contributed by atoms with Crippen molar-refractivity contribution in [3.8, 4) is 0 Å². The molecule has 0 N–H and O–H groups in total. The lowest BCUT2D eigenvalue weighted by atomic mass is 10.0. The van der Waals surface area contributed by atoms with E-state index in [0.717, 1.165) is 36.0 Å². The monoisotopic (exact) mass is 347 g/mol. The van der Waals surface area contributed by atoms with E-state index in [-0.39, 0.29) is 5.91 Å². The molecule has 0 aliphatic carbocycles. The average Bonchev–Trinajstić information content (AvgIpc) is 3.21. The zero-order valence-electron chi connectivity index (χ0n) is 15.0. The molecule has 0 saturated carbocycles. The fourth-order valence-corrected chi connectivity index (χ4v) is 4.31. The van der Waals surface area contributed by atoms with Crippen molar-refractivity contribution in [3.63, 3.8) is 0 Å². The molecular formula is C17H25N5OS. The Morgan fingerprint density at radius 2 is 2.21 bits per heavy atom. The Balaban J connectivity index is 1.78. The van der Waals surface area contributed by atoms with Crippen molar-refractivity contribution in [3.05, 3.63) is 28.0 Å². The molecule has 0 bridgehead atoms. The zero-order chi connectivity index (χ0) is 17.4. The summed E-state index contributed by atoms with van der Waals surface area (Å²) in [6.45, 7) is 7.70. The number of aromatic nitrogens is 3. The van der Waals surface area contributed by atoms with Gasteiger partial charge in [0.25, 0.3) is 0 Å². The van der Waals surface area contributed by atoms with E-state index in [0.29, 0.717) is 6.04 Å². The van der Waals surface area contributed by atoms with Crippen LogP contribution < -0.4 is 4.90 Å². The first-order valence-corrected chi connectivity index (χ1v) is 9.19. The molecule has 0 radical (unpaired) electrons. The van der Waals surface area contributed by atoms with Crippen LogP contribution >= 0.6 is 11.3 Å². The molecule has 0 spiro atoms. The third-order valence-corrected chi connectivity index (χ3v) is 5.89. The summed E-state index contributed by atoms with van der Waals surface area (Å²) >= 11 is 1.53. The summed E-state index contributed by atoms with van der Waals surface area (Å²) < 4.78 is 1.98. The largest absolute Gasteiger partial charge is 0.292 e. The fourth-order valence-electron chi connectivity index (χ4n) is 3.48. The summed E-state index contributed by atoms with van der Waals surface area (Å²) in [5.41, 5.74) is 4.78. The van der Waals surface area contributed by atoms with Crippen molar-refractivity contribution in [1.82, 2.24) is 19.7 Å². The summed E-state index contributed by atoms with van der Waals surface area (Å²) in [4.78, 5) is 20.2. The molecule has 1 amide bonds. The first kappa shape index (κ1) is 17.1. The highest BCUT2D eigenvalue weighted by Crippen LogP contribution is 2.36. The predicted molar refractivity (Wildman–Crippen MR) is 96.3 cm³/mol. The first-order valence-electron chi connectivity index (χ1n) is 8.31. The van der Waals surface area contributed by atoms with E-state index in [1.807, 2.05) is 11.7 Å². The number of aryl methyl sites for hydroxylation is 2. The Morgan fingerprint density at radius 3 is 2.83 bits per heavy atom. The Morgan fingerprint density at radius 1 is 1.46 bits per heavy atom. The van der Waals surface area contributed by atoms with Crippen molar-refractivity contribution in [2.24, 2.45) is 7.05 Å². The summed E-state index contributed by atoms with van der Waals surface area (Å²) in [5.74, 6) is 0.0107. The summed E-state index contributed by atoms with van der Waals surface area (Å²) in [6.07, 6.45) is 2.36. The third kappa shape index (κ3) is 3.10. The minimum atomic E-state index is 0.0107. The molecule has 1 saturated heterocycles. The van der Waals surface area contributed by atoms with E-state index in [1.165, 1.54) is 29.0 Å². The Labute approximate surface area is 147 Å². The molecule has 3 rings (SSSR count). The number of nitrogens with zero attached hydrogens (tertiary/aromatic N) is 5. The molecule has 0 unspecified atom stereocenters. The summed E-state index contributed by atoms with van der Waals surface area (Å²) in [7, 11) is 3.78. The molecule has 2 aromatic rings. The summed E-state index contributed by atoms with van der Waals surface area (Å²) in [5, 5.41) is 7.40. The maximum Gasteiger partial charge on any atom is 0.225 e. The molecule has 6 nitrogen and oxygen atoms in total. The minimum absolute atomic E-state index is 0.0107. The quantitative estimate of drug-likeness (QED) is 0.853. The van der Waals surface area contributed by atoms with Crippen LogP contribution in [0.15, 0.2) is 5.38 Å². The van der Waals surface area contributed by atoms with Crippen molar-refractivity contribution in [2.75, 3.05) is 18.5 Å². The lowest BCUT2D eigenvalue weighted by molar-refractivity contribution is -0.116. The molecule has 3 heterocycles. The van der Waals surface area contributed by atoms with Crippen LogP contribution in [0.4, 0.5) is 5.13 Å². The molecule has 0 aromatic carbocycles. The van der Waals surface area contributed by atoms with Crippen LogP contribution in [0.1, 0.15) is 48.5 Å². The molecule has 24 heavy (non-hydrogen) atoms. The van der Waals surface area contributed by atoms with Gasteiger partial charge in [0.15, 0.2) is 5.13 Å². The van der Waals surface area contributed by atoms with Gasteiger partial charge in [-0.3, -0.25) is 19.3 Å². The van der Waals surface area contributed by atoms with Crippen LogP contribution in [0.5, 0.6) is 0 Å². The number of hydrogen-bond acceptors (Lipinski definition) is 5. The molecule has 2 aromatic heterocycles. The molecule has 1 atom stereocenters. The van der Waals surface area contributed by atoms with Crippen LogP contribution in [0.25, 0.3) is 0 Å². The van der Waals surface area contributed by atoms with Crippen molar-refractivity contribution >= 4 is 22.4 Å². The Kier molecular flexibility index (Phi) is 4.73. The third-order valence-electron chi connectivity index (χ3n) is 4.93. The van der Waals surface area contributed by atoms with E-state index in [2.05, 4.69) is 34.2 Å². The molecule has 7 heteroatoms. The summed E-state index contributed by atoms with van der Waals surface area (Å²) in [6, 6.07) is 0.411. The van der Waals surface area contributed by atoms with E-state index in [9.17, 15) is 4.79 Å². The van der Waals surface area contributed by atoms with Gasteiger partial charge in [-0.05, 0) is 33.2 Å². The lowest BCUT2D eigenvalue weighted by Gasteiger charge is -2.24. The van der Waals surface area contributed by atoms with Crippen LogP contribution in [-0.2, 0) is 18.4 Å². The first-order chi connectivity index (χ1) is 11.4. The van der Waals surface area contributed by atoms with E-state index >= 15 is 0 Å². The number of likely N-dealkylation sites (tertiary alicyclic amines) is 1. The number of carbonyl (C=O) groups excluding carboxylic acids is 1. The number of amides is 1. The predicted octanol–water partition coefficient (Wildman–Crippen LogP) is 2.81. The number of thiazole rings is 1. The number of hydrogen-bond donors (Lipinski definition) is 0. The van der Waals surface area contributed by atoms with Gasteiger partial charge in [-0.2, -0.15) is 5.10 Å². The van der Waals surface area contributed by atoms with Crippen molar-refractivity contribution in [2.45, 2.75) is 46.2 Å². The highest BCUT2D eigenvalue weighted by Gasteiger charge is 2.30. The van der Waals surface area contributed by atoms with Crippen molar-refractivity contribution < 1.29 is 4.79 Å². The van der Waals surface area contributed by atoms with Crippen LogP contribution in [0.2, 0.25) is 0 Å². The lowest BCUT2D eigenvalue weighted by Crippen LogP contribution is -2.25. The van der Waals surface area contributed by atoms with E-state index in [1.54, 1.807) is 18.9 Å². The normalized spacial score (nSPS) is 18.3. The number of carbonyl (C=O) groups is 1. The van der Waals surface area contributed by atoms with Gasteiger partial charge in [0.05, 0.1) is 11.4 Å². The van der Waals surface area contributed by atoms with Gasteiger partial charge >= 0.3 is 0 Å². The Bertz CT molecular complexity index is 750. The molecular weight excluding hydrogens is 322 g/mol. The van der Waals surface area contributed by atoms with Crippen LogP contribution in [0, 0.1) is 13.8 Å². The smallest absolute Gasteiger partial charge is 0.225 e. The van der Waals surface area contributed by atoms with Crippen LogP contribution in [-0.4, -0.2) is 39.2 Å². The Hall–Kier alpha value is -1.73. The fraction of sp³-hybridized carbons (Fsp3) is 0.588. The molecule has 1 aliphatic rings. The van der Waals surface area contributed by atoms with Crippen molar-refractivity contribution in [1.29, 1.82) is 0 Å². The van der Waals surface area contributed by atoms with Gasteiger partial charge in [-0.1, -0.05) is 0 Å². The van der Waals surface area contributed by atoms with Gasteiger partial charge in [0.1, 0.15) is 0 Å². The van der Waals surface area contributed by atoms with Gasteiger partial charge in [-0.15, -0.1) is 11.3 Å². The van der Waals surface area contributed by atoms with E-state index < -0.39 is 0 Å². The number of rotatable bonds is 4. The zero-order valence-corrected chi connectivity index (χ0v) is 15.9. The number of anilines is 1.